The molecule has 2 aliphatic heterocycles. The quantitative estimate of drug-likeness (QED) is 0.492. The van der Waals surface area contributed by atoms with E-state index in [2.05, 4.69) is 26.8 Å². The minimum Gasteiger partial charge on any atom is -0.381 e. The largest absolute Gasteiger partial charge is 0.381 e. The van der Waals surface area contributed by atoms with Gasteiger partial charge in [0.1, 0.15) is 12.4 Å². The summed E-state index contributed by atoms with van der Waals surface area (Å²) in [4.78, 5) is 15.9. The van der Waals surface area contributed by atoms with E-state index >= 15 is 0 Å². The molecule has 0 spiro atoms. The molecule has 172 valence electrons. The third-order valence-corrected chi connectivity index (χ3v) is 6.69. The minimum absolute atomic E-state index is 0.0203. The number of amides is 1. The number of aromatic nitrogens is 3. The van der Waals surface area contributed by atoms with Crippen molar-refractivity contribution in [3.8, 4) is 16.8 Å². The first-order valence-corrected chi connectivity index (χ1v) is 11.4. The average molecular weight is 458 g/mol. The highest BCUT2D eigenvalue weighted by Crippen LogP contribution is 2.44. The number of nitrogens with two attached hydrogens (primary N) is 1. The number of benzene rings is 2. The van der Waals surface area contributed by atoms with Gasteiger partial charge in [-0.05, 0) is 60.4 Å². The summed E-state index contributed by atoms with van der Waals surface area (Å²) >= 11 is 0. The lowest BCUT2D eigenvalue weighted by molar-refractivity contribution is -0.118. The Hall–Kier alpha value is -3.78. The maximum Gasteiger partial charge on any atom is 0.239 e. The molecule has 4 heterocycles. The highest BCUT2D eigenvalue weighted by atomic mass is 19.1. The first-order chi connectivity index (χ1) is 16.6. The van der Waals surface area contributed by atoms with Crippen LogP contribution < -0.4 is 5.73 Å². The number of rotatable bonds is 5. The first-order valence-electron chi connectivity index (χ1n) is 11.4. The third kappa shape index (κ3) is 3.51. The van der Waals surface area contributed by atoms with E-state index in [-0.39, 0.29) is 18.3 Å². The molecule has 2 aromatic carbocycles. The number of aliphatic imine (C=N–C) groups is 1. The van der Waals surface area contributed by atoms with Gasteiger partial charge in [0.25, 0.3) is 0 Å². The van der Waals surface area contributed by atoms with E-state index in [9.17, 15) is 9.18 Å². The molecule has 8 heteroatoms. The van der Waals surface area contributed by atoms with Gasteiger partial charge in [-0.15, -0.1) is 0 Å². The average Bonchev–Trinajstić information content (AvgIpc) is 3.55. The molecule has 0 unspecified atom stereocenters. The Labute approximate surface area is 195 Å². The van der Waals surface area contributed by atoms with Crippen molar-refractivity contribution in [2.75, 3.05) is 13.2 Å². The van der Waals surface area contributed by atoms with Crippen LogP contribution in [0.25, 0.3) is 27.7 Å². The fourth-order valence-corrected chi connectivity index (χ4v) is 5.18. The van der Waals surface area contributed by atoms with Crippen LogP contribution in [0.2, 0.25) is 0 Å². The van der Waals surface area contributed by atoms with Gasteiger partial charge in [0.2, 0.25) is 5.91 Å². The van der Waals surface area contributed by atoms with Crippen LogP contribution in [0.4, 0.5) is 4.39 Å². The molecular weight excluding hydrogens is 433 g/mol. The van der Waals surface area contributed by atoms with Gasteiger partial charge in [-0.25, -0.2) is 4.39 Å². The Kier molecular flexibility index (Phi) is 5.03. The van der Waals surface area contributed by atoms with E-state index in [1.165, 1.54) is 17.7 Å². The van der Waals surface area contributed by atoms with E-state index in [1.807, 2.05) is 24.5 Å². The first kappa shape index (κ1) is 20.8. The number of fused-ring (bicyclic) bond motifs is 2. The van der Waals surface area contributed by atoms with Gasteiger partial charge in [0.15, 0.2) is 0 Å². The summed E-state index contributed by atoms with van der Waals surface area (Å²) in [5, 5.41) is 5.49. The lowest BCUT2D eigenvalue weighted by Crippen LogP contribution is -2.18. The van der Waals surface area contributed by atoms with Gasteiger partial charge in [0, 0.05) is 59.4 Å². The molecule has 1 saturated heterocycles. The lowest BCUT2D eigenvalue weighted by atomic mass is 9.90. The molecule has 34 heavy (non-hydrogen) atoms. The summed E-state index contributed by atoms with van der Waals surface area (Å²) in [6.07, 6.45) is 7.36. The van der Waals surface area contributed by atoms with Gasteiger partial charge in [-0.3, -0.25) is 14.5 Å². The number of hydrogen-bond acceptors (Lipinski definition) is 4. The van der Waals surface area contributed by atoms with Gasteiger partial charge >= 0.3 is 0 Å². The standard InChI is InChI=1S/C26H24FN5O2/c27-20-1-3-21(4-2-20)32-23-10-18-12-29-11-17(18)9-22(23)25(26(32)16-5-7-34-8-6-16)19-13-30-31(14-19)15-24(28)33/h1-4,9-10,12-14,16H,5-8,11,15H2,(H2,28,33). The maximum atomic E-state index is 13.8. The van der Waals surface area contributed by atoms with Crippen LogP contribution >= 0.6 is 0 Å². The second-order valence-electron chi connectivity index (χ2n) is 8.89. The molecule has 0 saturated carbocycles. The van der Waals surface area contributed by atoms with Crippen molar-refractivity contribution in [1.29, 1.82) is 0 Å². The van der Waals surface area contributed by atoms with Crippen LogP contribution in [-0.2, 0) is 22.6 Å². The molecule has 0 aliphatic carbocycles. The summed E-state index contributed by atoms with van der Waals surface area (Å²) in [5.41, 5.74) is 12.8. The zero-order valence-corrected chi connectivity index (χ0v) is 18.6. The van der Waals surface area contributed by atoms with Crippen LogP contribution in [0, 0.1) is 5.82 Å². The Morgan fingerprint density at radius 2 is 1.97 bits per heavy atom. The molecular formula is C26H24FN5O2. The van der Waals surface area contributed by atoms with E-state index in [1.54, 1.807) is 10.9 Å². The normalized spacial score (nSPS) is 15.8. The molecule has 4 aromatic rings. The third-order valence-electron chi connectivity index (χ3n) is 6.69. The van der Waals surface area contributed by atoms with Crippen LogP contribution in [0.3, 0.4) is 0 Å². The lowest BCUT2D eigenvalue weighted by Gasteiger charge is -2.25. The molecule has 1 fully saturated rings. The van der Waals surface area contributed by atoms with Crippen molar-refractivity contribution in [3.63, 3.8) is 0 Å². The van der Waals surface area contributed by atoms with Crippen LogP contribution in [0.1, 0.15) is 35.6 Å². The zero-order chi connectivity index (χ0) is 23.2. The highest BCUT2D eigenvalue weighted by Gasteiger charge is 2.29. The highest BCUT2D eigenvalue weighted by molar-refractivity contribution is 6.03. The predicted octanol–water partition coefficient (Wildman–Crippen LogP) is 3.94. The predicted molar refractivity (Wildman–Crippen MR) is 128 cm³/mol. The Balaban J connectivity index is 1.67. The van der Waals surface area contributed by atoms with Crippen LogP contribution in [0.5, 0.6) is 0 Å². The fourth-order valence-electron chi connectivity index (χ4n) is 5.18. The second kappa shape index (κ2) is 8.22. The summed E-state index contributed by atoms with van der Waals surface area (Å²) in [6.45, 7) is 2.06. The summed E-state index contributed by atoms with van der Waals surface area (Å²) in [6, 6.07) is 11.0. The molecule has 7 nitrogen and oxygen atoms in total. The Morgan fingerprint density at radius 3 is 2.74 bits per heavy atom. The molecule has 2 aliphatic rings. The summed E-state index contributed by atoms with van der Waals surface area (Å²) in [7, 11) is 0. The zero-order valence-electron chi connectivity index (χ0n) is 18.6. The molecule has 6 rings (SSSR count). The molecule has 2 aromatic heterocycles. The maximum absolute atomic E-state index is 13.8. The van der Waals surface area contributed by atoms with Crippen LogP contribution in [0.15, 0.2) is 53.8 Å². The second-order valence-corrected chi connectivity index (χ2v) is 8.89. The van der Waals surface area contributed by atoms with Crippen molar-refractivity contribution < 1.29 is 13.9 Å². The van der Waals surface area contributed by atoms with E-state index in [0.717, 1.165) is 51.8 Å². The SMILES string of the molecule is NC(=O)Cn1cc(-c2c(C3CCOCC3)n(-c3ccc(F)cc3)c3cc4c(cc23)CN=C4)cn1. The Bertz CT molecular complexity index is 1430. The van der Waals surface area contributed by atoms with Gasteiger partial charge in [-0.2, -0.15) is 5.10 Å². The number of halogens is 1. The summed E-state index contributed by atoms with van der Waals surface area (Å²) in [5.74, 6) is -0.457. The molecule has 0 radical (unpaired) electrons. The number of nitrogens with zero attached hydrogens (tertiary/aromatic N) is 4. The molecule has 0 atom stereocenters. The van der Waals surface area contributed by atoms with Crippen molar-refractivity contribution in [2.24, 2.45) is 10.7 Å². The Morgan fingerprint density at radius 1 is 1.18 bits per heavy atom. The topological polar surface area (TPSA) is 87.4 Å². The van der Waals surface area contributed by atoms with Gasteiger partial charge in [-0.1, -0.05) is 0 Å². The summed E-state index contributed by atoms with van der Waals surface area (Å²) < 4.78 is 23.3. The van der Waals surface area contributed by atoms with E-state index in [4.69, 9.17) is 10.5 Å². The van der Waals surface area contributed by atoms with Crippen LogP contribution in [-0.4, -0.2) is 39.7 Å². The monoisotopic (exact) mass is 457 g/mol. The van der Waals surface area contributed by atoms with Crippen molar-refractivity contribution in [1.82, 2.24) is 14.3 Å². The number of hydrogen-bond donors (Lipinski definition) is 1. The number of primary amides is 1. The van der Waals surface area contributed by atoms with E-state index < -0.39 is 5.91 Å². The van der Waals surface area contributed by atoms with Crippen molar-refractivity contribution in [3.05, 3.63) is 71.4 Å². The number of carbonyl (C=O) groups excluding carboxylic acids is 1. The number of carbonyl (C=O) groups is 1. The smallest absolute Gasteiger partial charge is 0.239 e. The van der Waals surface area contributed by atoms with Gasteiger partial charge < -0.3 is 15.0 Å². The molecule has 2 N–H and O–H groups in total. The fraction of sp³-hybridized carbons (Fsp3) is 0.269. The minimum atomic E-state index is -0.442. The van der Waals surface area contributed by atoms with Crippen molar-refractivity contribution in [2.45, 2.75) is 31.8 Å². The van der Waals surface area contributed by atoms with E-state index in [0.29, 0.717) is 19.8 Å². The molecule has 0 bridgehead atoms. The van der Waals surface area contributed by atoms with Crippen molar-refractivity contribution >= 4 is 23.0 Å². The molecule has 1 amide bonds. The van der Waals surface area contributed by atoms with Gasteiger partial charge in [0.05, 0.1) is 18.3 Å². The number of ether oxygens (including phenoxy) is 1.